The highest BCUT2D eigenvalue weighted by Gasteiger charge is 2.25. The molecule has 5 rings (SSSR count). The molecule has 1 fully saturated rings. The number of rotatable bonds is 10. The van der Waals surface area contributed by atoms with Crippen molar-refractivity contribution in [3.05, 3.63) is 97.2 Å². The SMILES string of the molecule is C=C/C(=N\C=C/C)c1nc2cccnc2n1-c1ccc(OC2CCN(Cc3ccnc(N(CC)C(=O)OC(C)(C)C)c3)CC2)cc1. The first kappa shape index (κ1) is 32.6. The van der Waals surface area contributed by atoms with Crippen LogP contribution in [0.2, 0.25) is 0 Å². The molecule has 0 spiro atoms. The highest BCUT2D eigenvalue weighted by molar-refractivity contribution is 6.08. The maximum atomic E-state index is 12.7. The molecule has 1 aliphatic heterocycles. The van der Waals surface area contributed by atoms with Crippen LogP contribution in [0, 0.1) is 0 Å². The number of likely N-dealkylation sites (tertiary alicyclic amines) is 1. The smallest absolute Gasteiger partial charge is 0.415 e. The Hall–Kier alpha value is -4.83. The largest absolute Gasteiger partial charge is 0.490 e. The number of carbonyl (C=O) groups excluding carboxylic acids is 1. The standard InChI is InChI=1S/C36H43N7O3/c1-7-19-37-30(8-2)34-40-31-11-10-20-39-33(31)43(34)27-12-14-28(15-13-27)45-29-17-22-41(23-18-29)25-26-16-21-38-32(24-26)42(9-3)35(44)46-36(4,5)6/h7-8,10-16,19-21,24,29H,2,9,17-18,22-23,25H2,1,3-6H3/b19-7-,37-30+. The fourth-order valence-corrected chi connectivity index (χ4v) is 5.40. The monoisotopic (exact) mass is 621 g/mol. The third-order valence-corrected chi connectivity index (χ3v) is 7.56. The summed E-state index contributed by atoms with van der Waals surface area (Å²) in [6, 6.07) is 15.9. The number of amides is 1. The van der Waals surface area contributed by atoms with Gasteiger partial charge in [0.1, 0.15) is 34.5 Å². The number of aromatic nitrogens is 4. The van der Waals surface area contributed by atoms with Crippen molar-refractivity contribution in [3.8, 4) is 11.4 Å². The second-order valence-electron chi connectivity index (χ2n) is 12.2. The van der Waals surface area contributed by atoms with Gasteiger partial charge < -0.3 is 9.47 Å². The first-order chi connectivity index (χ1) is 22.2. The summed E-state index contributed by atoms with van der Waals surface area (Å²) < 4.78 is 14.0. The Morgan fingerprint density at radius 3 is 2.54 bits per heavy atom. The predicted octanol–water partition coefficient (Wildman–Crippen LogP) is 7.13. The number of anilines is 1. The summed E-state index contributed by atoms with van der Waals surface area (Å²) in [6.45, 7) is 16.5. The van der Waals surface area contributed by atoms with E-state index in [2.05, 4.69) is 26.4 Å². The first-order valence-corrected chi connectivity index (χ1v) is 15.8. The molecular weight excluding hydrogens is 578 g/mol. The van der Waals surface area contributed by atoms with Gasteiger partial charge in [0, 0.05) is 50.5 Å². The zero-order valence-electron chi connectivity index (χ0n) is 27.4. The molecule has 1 amide bonds. The molecular formula is C36H43N7O3. The van der Waals surface area contributed by atoms with E-state index in [1.54, 1.807) is 29.6 Å². The van der Waals surface area contributed by atoms with Crippen LogP contribution in [-0.2, 0) is 11.3 Å². The highest BCUT2D eigenvalue weighted by atomic mass is 16.6. The molecule has 0 atom stereocenters. The van der Waals surface area contributed by atoms with Gasteiger partial charge >= 0.3 is 6.09 Å². The van der Waals surface area contributed by atoms with E-state index >= 15 is 0 Å². The molecule has 10 nitrogen and oxygen atoms in total. The summed E-state index contributed by atoms with van der Waals surface area (Å²) in [5, 5.41) is 0. The van der Waals surface area contributed by atoms with Crippen molar-refractivity contribution in [1.82, 2.24) is 24.4 Å². The molecule has 4 heterocycles. The summed E-state index contributed by atoms with van der Waals surface area (Å²) in [5.41, 5.74) is 3.66. The van der Waals surface area contributed by atoms with Crippen LogP contribution < -0.4 is 9.64 Å². The van der Waals surface area contributed by atoms with Crippen molar-refractivity contribution in [2.45, 2.75) is 65.7 Å². The van der Waals surface area contributed by atoms with E-state index in [1.807, 2.05) is 93.8 Å². The number of imidazole rings is 1. The second-order valence-corrected chi connectivity index (χ2v) is 12.2. The summed E-state index contributed by atoms with van der Waals surface area (Å²) in [5.74, 6) is 2.11. The Kier molecular flexibility index (Phi) is 10.3. The van der Waals surface area contributed by atoms with Gasteiger partial charge in [-0.25, -0.2) is 19.7 Å². The minimum Gasteiger partial charge on any atom is -0.490 e. The zero-order chi connectivity index (χ0) is 32.7. The molecule has 4 aromatic rings. The lowest BCUT2D eigenvalue weighted by atomic mass is 10.1. The van der Waals surface area contributed by atoms with Crippen molar-refractivity contribution in [3.63, 3.8) is 0 Å². The molecule has 1 aromatic carbocycles. The minimum absolute atomic E-state index is 0.129. The fraction of sp³-hybridized carbons (Fsp3) is 0.361. The lowest BCUT2D eigenvalue weighted by Gasteiger charge is -2.32. The lowest BCUT2D eigenvalue weighted by molar-refractivity contribution is 0.0581. The van der Waals surface area contributed by atoms with Gasteiger partial charge in [-0.15, -0.1) is 0 Å². The van der Waals surface area contributed by atoms with E-state index in [4.69, 9.17) is 14.5 Å². The molecule has 46 heavy (non-hydrogen) atoms. The van der Waals surface area contributed by atoms with Crippen LogP contribution in [0.15, 0.2) is 90.8 Å². The summed E-state index contributed by atoms with van der Waals surface area (Å²) in [7, 11) is 0. The number of fused-ring (bicyclic) bond motifs is 1. The Morgan fingerprint density at radius 1 is 1.11 bits per heavy atom. The number of carbonyl (C=O) groups is 1. The molecule has 3 aromatic heterocycles. The van der Waals surface area contributed by atoms with Crippen molar-refractivity contribution in [2.24, 2.45) is 4.99 Å². The van der Waals surface area contributed by atoms with E-state index in [0.29, 0.717) is 23.9 Å². The Bertz CT molecular complexity index is 1710. The van der Waals surface area contributed by atoms with Gasteiger partial charge in [-0.2, -0.15) is 0 Å². The number of nitrogens with zero attached hydrogens (tertiary/aromatic N) is 7. The molecule has 0 radical (unpaired) electrons. The van der Waals surface area contributed by atoms with Crippen LogP contribution >= 0.6 is 0 Å². The third-order valence-electron chi connectivity index (χ3n) is 7.56. The van der Waals surface area contributed by atoms with Crippen LogP contribution in [0.4, 0.5) is 10.6 Å². The van der Waals surface area contributed by atoms with Gasteiger partial charge in [0.05, 0.1) is 0 Å². The van der Waals surface area contributed by atoms with Crippen LogP contribution in [-0.4, -0.2) is 67.6 Å². The molecule has 10 heteroatoms. The number of ether oxygens (including phenoxy) is 2. The highest BCUT2D eigenvalue weighted by Crippen LogP contribution is 2.26. The summed E-state index contributed by atoms with van der Waals surface area (Å²) in [6.07, 6.45) is 10.4. The average molecular weight is 622 g/mol. The van der Waals surface area contributed by atoms with Gasteiger partial charge in [0.25, 0.3) is 0 Å². The number of benzene rings is 1. The molecule has 0 bridgehead atoms. The number of piperidine rings is 1. The number of pyridine rings is 2. The van der Waals surface area contributed by atoms with Crippen molar-refractivity contribution in [1.29, 1.82) is 0 Å². The first-order valence-electron chi connectivity index (χ1n) is 15.8. The van der Waals surface area contributed by atoms with Crippen LogP contribution in [0.1, 0.15) is 58.8 Å². The topological polar surface area (TPSA) is 98.0 Å². The normalized spacial score (nSPS) is 14.9. The minimum atomic E-state index is -0.566. The van der Waals surface area contributed by atoms with E-state index in [-0.39, 0.29) is 12.2 Å². The molecule has 1 aliphatic rings. The van der Waals surface area contributed by atoms with E-state index in [0.717, 1.165) is 60.6 Å². The number of hydrogen-bond acceptors (Lipinski definition) is 8. The quantitative estimate of drug-likeness (QED) is 0.174. The summed E-state index contributed by atoms with van der Waals surface area (Å²) >= 11 is 0. The second kappa shape index (κ2) is 14.5. The van der Waals surface area contributed by atoms with Crippen LogP contribution in [0.25, 0.3) is 16.9 Å². The fourth-order valence-electron chi connectivity index (χ4n) is 5.40. The Morgan fingerprint density at radius 2 is 1.87 bits per heavy atom. The van der Waals surface area contributed by atoms with Gasteiger partial charge in [-0.05, 0) is 108 Å². The predicted molar refractivity (Wildman–Crippen MR) is 183 cm³/mol. The zero-order valence-corrected chi connectivity index (χ0v) is 27.4. The molecule has 0 saturated carbocycles. The van der Waals surface area contributed by atoms with Crippen molar-refractivity contribution in [2.75, 3.05) is 24.5 Å². The molecule has 0 unspecified atom stereocenters. The van der Waals surface area contributed by atoms with Gasteiger partial charge in [-0.3, -0.25) is 19.4 Å². The molecule has 0 aliphatic carbocycles. The average Bonchev–Trinajstić information content (AvgIpc) is 3.42. The van der Waals surface area contributed by atoms with E-state index in [9.17, 15) is 4.79 Å². The van der Waals surface area contributed by atoms with Gasteiger partial charge in [0.15, 0.2) is 11.5 Å². The Balaban J connectivity index is 1.21. The summed E-state index contributed by atoms with van der Waals surface area (Å²) in [4.78, 5) is 35.1. The Labute approximate surface area is 271 Å². The van der Waals surface area contributed by atoms with Gasteiger partial charge in [0.2, 0.25) is 0 Å². The van der Waals surface area contributed by atoms with E-state index in [1.165, 1.54) is 0 Å². The molecule has 1 saturated heterocycles. The van der Waals surface area contributed by atoms with Crippen LogP contribution in [0.3, 0.4) is 0 Å². The number of allylic oxidation sites excluding steroid dienone is 2. The number of hydrogen-bond donors (Lipinski definition) is 0. The van der Waals surface area contributed by atoms with Crippen molar-refractivity contribution >= 4 is 28.8 Å². The third kappa shape index (κ3) is 7.87. The van der Waals surface area contributed by atoms with Crippen LogP contribution in [0.5, 0.6) is 5.75 Å². The molecule has 0 N–H and O–H groups in total. The van der Waals surface area contributed by atoms with Gasteiger partial charge in [-0.1, -0.05) is 12.7 Å². The van der Waals surface area contributed by atoms with Crippen molar-refractivity contribution < 1.29 is 14.3 Å². The number of aliphatic imine (C=N–C) groups is 1. The molecule has 240 valence electrons. The van der Waals surface area contributed by atoms with E-state index < -0.39 is 5.60 Å². The maximum Gasteiger partial charge on any atom is 0.415 e. The lowest BCUT2D eigenvalue weighted by Crippen LogP contribution is -2.38. The maximum absolute atomic E-state index is 12.7.